The van der Waals surface area contributed by atoms with Gasteiger partial charge in [-0.25, -0.2) is 4.98 Å². The van der Waals surface area contributed by atoms with E-state index in [2.05, 4.69) is 45.3 Å². The molecular formula is C29H19IrN3-2. The second-order valence-electron chi connectivity index (χ2n) is 7.21. The Bertz CT molecular complexity index is 1460. The molecule has 4 heteroatoms. The van der Waals surface area contributed by atoms with E-state index in [0.717, 1.165) is 33.4 Å². The topological polar surface area (TPSA) is 38.7 Å². The van der Waals surface area contributed by atoms with E-state index in [1.807, 2.05) is 91.1 Å². The van der Waals surface area contributed by atoms with E-state index in [9.17, 15) is 0 Å². The molecule has 6 aromatic rings. The van der Waals surface area contributed by atoms with Crippen LogP contribution in [0.1, 0.15) is 0 Å². The van der Waals surface area contributed by atoms with Gasteiger partial charge < -0.3 is 4.98 Å². The number of hydrogen-bond acceptors (Lipinski definition) is 3. The van der Waals surface area contributed by atoms with Crippen LogP contribution in [-0.4, -0.2) is 15.0 Å². The molecule has 2 aromatic heterocycles. The summed E-state index contributed by atoms with van der Waals surface area (Å²) < 4.78 is 0. The van der Waals surface area contributed by atoms with Crippen molar-refractivity contribution in [3.8, 4) is 22.5 Å². The number of aromatic nitrogens is 3. The first-order valence-electron chi connectivity index (χ1n) is 10.4. The molecule has 0 saturated carbocycles. The van der Waals surface area contributed by atoms with Crippen molar-refractivity contribution in [1.29, 1.82) is 0 Å². The Hall–Kier alpha value is -3.72. The number of pyridine rings is 1. The quantitative estimate of drug-likeness (QED) is 0.205. The second kappa shape index (κ2) is 10.7. The van der Waals surface area contributed by atoms with Crippen molar-refractivity contribution in [2.24, 2.45) is 0 Å². The third-order valence-corrected chi connectivity index (χ3v) is 5.12. The zero-order valence-electron chi connectivity index (χ0n) is 17.6. The molecule has 0 amide bonds. The molecule has 6 rings (SSSR count). The van der Waals surface area contributed by atoms with E-state index in [-0.39, 0.29) is 20.1 Å². The molecular weight excluding hydrogens is 583 g/mol. The van der Waals surface area contributed by atoms with Gasteiger partial charge in [0.2, 0.25) is 0 Å². The number of benzene rings is 4. The van der Waals surface area contributed by atoms with Crippen LogP contribution in [0.15, 0.2) is 116 Å². The molecule has 0 fully saturated rings. The smallest absolute Gasteiger partial charge is 0.106 e. The van der Waals surface area contributed by atoms with E-state index in [0.29, 0.717) is 0 Å². The van der Waals surface area contributed by atoms with Gasteiger partial charge in [-0.15, -0.1) is 71.8 Å². The van der Waals surface area contributed by atoms with Gasteiger partial charge >= 0.3 is 0 Å². The van der Waals surface area contributed by atoms with E-state index >= 15 is 0 Å². The van der Waals surface area contributed by atoms with Crippen molar-refractivity contribution in [3.05, 3.63) is 128 Å². The summed E-state index contributed by atoms with van der Waals surface area (Å²) in [6.45, 7) is 0. The first-order valence-corrected chi connectivity index (χ1v) is 10.4. The molecule has 0 unspecified atom stereocenters. The minimum Gasteiger partial charge on any atom is -0.304 e. The summed E-state index contributed by atoms with van der Waals surface area (Å²) in [5, 5.41) is 3.44. The number of rotatable bonds is 2. The summed E-state index contributed by atoms with van der Waals surface area (Å²) in [7, 11) is 0. The first kappa shape index (κ1) is 22.5. The fourth-order valence-electron chi connectivity index (χ4n) is 3.54. The van der Waals surface area contributed by atoms with Gasteiger partial charge in [0.05, 0.1) is 5.52 Å². The van der Waals surface area contributed by atoms with Crippen molar-refractivity contribution in [1.82, 2.24) is 15.0 Å². The number of nitrogens with zero attached hydrogens (tertiary/aromatic N) is 3. The fourth-order valence-corrected chi connectivity index (χ4v) is 3.54. The molecule has 0 atom stereocenters. The summed E-state index contributed by atoms with van der Waals surface area (Å²) in [6.07, 6.45) is 3.50. The van der Waals surface area contributed by atoms with Crippen LogP contribution >= 0.6 is 0 Å². The Labute approximate surface area is 206 Å². The molecule has 0 N–H and O–H groups in total. The van der Waals surface area contributed by atoms with E-state index in [4.69, 9.17) is 0 Å². The van der Waals surface area contributed by atoms with Crippen molar-refractivity contribution < 1.29 is 20.1 Å². The maximum Gasteiger partial charge on any atom is 0.106 e. The van der Waals surface area contributed by atoms with E-state index in [1.165, 1.54) is 10.8 Å². The summed E-state index contributed by atoms with van der Waals surface area (Å²) in [6, 6.07) is 40.5. The van der Waals surface area contributed by atoms with Gasteiger partial charge in [-0.1, -0.05) is 48.5 Å². The van der Waals surface area contributed by atoms with Crippen molar-refractivity contribution in [2.75, 3.05) is 0 Å². The molecule has 1 radical (unpaired) electrons. The van der Waals surface area contributed by atoms with Gasteiger partial charge in [-0.05, 0) is 33.6 Å². The molecule has 0 saturated heterocycles. The molecule has 0 aliphatic carbocycles. The van der Waals surface area contributed by atoms with Gasteiger partial charge in [0.1, 0.15) is 6.33 Å². The molecule has 2 heterocycles. The number of para-hydroxylation sites is 1. The van der Waals surface area contributed by atoms with Gasteiger partial charge in [0.15, 0.2) is 0 Å². The molecule has 0 aliphatic rings. The number of hydrogen-bond donors (Lipinski definition) is 0. The Morgan fingerprint density at radius 2 is 1.24 bits per heavy atom. The maximum absolute atomic E-state index is 4.45. The minimum atomic E-state index is 0. The van der Waals surface area contributed by atoms with E-state index in [1.54, 1.807) is 6.33 Å². The summed E-state index contributed by atoms with van der Waals surface area (Å²) >= 11 is 0. The van der Waals surface area contributed by atoms with Crippen LogP contribution in [0.4, 0.5) is 0 Å². The monoisotopic (exact) mass is 602 g/mol. The summed E-state index contributed by atoms with van der Waals surface area (Å²) in [5.41, 5.74) is 4.91. The van der Waals surface area contributed by atoms with Crippen LogP contribution in [0, 0.1) is 12.1 Å². The SMILES string of the molecule is [Ir].[c-]1ccccc1-c1cc2ccccc2cn1.[c-]1ccccc1-c1ncnc2ccccc12. The largest absolute Gasteiger partial charge is 0.304 e. The van der Waals surface area contributed by atoms with Crippen molar-refractivity contribution in [3.63, 3.8) is 0 Å². The van der Waals surface area contributed by atoms with Crippen LogP contribution in [-0.2, 0) is 20.1 Å². The molecule has 0 aliphatic heterocycles. The number of fused-ring (bicyclic) bond motifs is 2. The van der Waals surface area contributed by atoms with Gasteiger partial charge in [0.25, 0.3) is 0 Å². The van der Waals surface area contributed by atoms with Crippen LogP contribution in [0.5, 0.6) is 0 Å². The van der Waals surface area contributed by atoms with Crippen molar-refractivity contribution >= 4 is 21.7 Å². The minimum absolute atomic E-state index is 0. The molecule has 3 nitrogen and oxygen atoms in total. The zero-order valence-corrected chi connectivity index (χ0v) is 20.0. The molecule has 33 heavy (non-hydrogen) atoms. The van der Waals surface area contributed by atoms with Crippen LogP contribution < -0.4 is 0 Å². The Morgan fingerprint density at radius 3 is 2.00 bits per heavy atom. The maximum atomic E-state index is 4.45. The zero-order chi connectivity index (χ0) is 21.6. The predicted molar refractivity (Wildman–Crippen MR) is 130 cm³/mol. The van der Waals surface area contributed by atoms with Crippen LogP contribution in [0.3, 0.4) is 0 Å². The second-order valence-corrected chi connectivity index (χ2v) is 7.21. The normalized spacial score (nSPS) is 10.2. The first-order chi connectivity index (χ1) is 15.9. The standard InChI is InChI=1S/C15H10N.C14H9N2.Ir/c1-2-6-12(7-3-1)15-10-13-8-4-5-9-14(13)11-16-15;1-2-6-11(7-3-1)14-12-8-4-5-9-13(12)15-10-16-14;/h1-6,8-11H;1-6,8-10H;/q2*-1;. The van der Waals surface area contributed by atoms with Gasteiger partial charge in [-0.3, -0.25) is 4.98 Å². The van der Waals surface area contributed by atoms with Gasteiger partial charge in [0, 0.05) is 26.3 Å². The Balaban J connectivity index is 0.000000152. The predicted octanol–water partition coefficient (Wildman–Crippen LogP) is 6.80. The summed E-state index contributed by atoms with van der Waals surface area (Å²) in [4.78, 5) is 13.0. The average Bonchev–Trinajstić information content (AvgIpc) is 2.89. The average molecular weight is 602 g/mol. The van der Waals surface area contributed by atoms with E-state index < -0.39 is 0 Å². The molecule has 161 valence electrons. The summed E-state index contributed by atoms with van der Waals surface area (Å²) in [5.74, 6) is 0. The Kier molecular flexibility index (Phi) is 7.31. The fraction of sp³-hybridized carbons (Fsp3) is 0. The van der Waals surface area contributed by atoms with Gasteiger partial charge in [-0.2, -0.15) is 0 Å². The molecule has 4 aromatic carbocycles. The van der Waals surface area contributed by atoms with Crippen molar-refractivity contribution in [2.45, 2.75) is 0 Å². The van der Waals surface area contributed by atoms with Crippen LogP contribution in [0.25, 0.3) is 44.2 Å². The Morgan fingerprint density at radius 1 is 0.576 bits per heavy atom. The third kappa shape index (κ3) is 5.20. The van der Waals surface area contributed by atoms with Crippen LogP contribution in [0.2, 0.25) is 0 Å². The molecule has 0 bridgehead atoms. The third-order valence-electron chi connectivity index (χ3n) is 5.12. The molecule has 0 spiro atoms.